The Balaban J connectivity index is 0.000000396. The van der Waals surface area contributed by atoms with Crippen LogP contribution in [-0.4, -0.2) is 23.4 Å². The second-order valence-electron chi connectivity index (χ2n) is 3.93. The third-order valence-corrected chi connectivity index (χ3v) is 2.87. The van der Waals surface area contributed by atoms with Crippen molar-refractivity contribution in [2.45, 2.75) is 52.5 Å². The van der Waals surface area contributed by atoms with E-state index in [0.717, 1.165) is 25.3 Å². The van der Waals surface area contributed by atoms with Gasteiger partial charge in [-0.3, -0.25) is 4.79 Å². The van der Waals surface area contributed by atoms with Crippen molar-refractivity contribution in [3.63, 3.8) is 0 Å². The van der Waals surface area contributed by atoms with Crippen LogP contribution in [0.1, 0.15) is 46.5 Å². The van der Waals surface area contributed by atoms with Crippen molar-refractivity contribution < 1.29 is 4.79 Å². The molecule has 2 aliphatic heterocycles. The average molecular weight is 183 g/mol. The van der Waals surface area contributed by atoms with Gasteiger partial charge in [0, 0.05) is 19.0 Å². The highest BCUT2D eigenvalue weighted by atomic mass is 16.2. The van der Waals surface area contributed by atoms with Crippen molar-refractivity contribution in [2.75, 3.05) is 6.54 Å². The first-order valence-electron chi connectivity index (χ1n) is 5.57. The Morgan fingerprint density at radius 3 is 2.69 bits per heavy atom. The first-order valence-corrected chi connectivity index (χ1v) is 5.57. The Morgan fingerprint density at radius 1 is 1.38 bits per heavy atom. The van der Waals surface area contributed by atoms with E-state index >= 15 is 0 Å². The molecule has 2 aliphatic rings. The molecule has 1 amide bonds. The van der Waals surface area contributed by atoms with Crippen LogP contribution in [0.3, 0.4) is 0 Å². The third kappa shape index (κ3) is 2.23. The van der Waals surface area contributed by atoms with Gasteiger partial charge in [-0.25, -0.2) is 0 Å². The summed E-state index contributed by atoms with van der Waals surface area (Å²) in [6.45, 7) is 7.26. The van der Waals surface area contributed by atoms with Gasteiger partial charge in [-0.2, -0.15) is 0 Å². The number of hydrogen-bond donors (Lipinski definition) is 0. The van der Waals surface area contributed by atoms with Crippen LogP contribution < -0.4 is 0 Å². The van der Waals surface area contributed by atoms with E-state index in [0.29, 0.717) is 11.9 Å². The summed E-state index contributed by atoms with van der Waals surface area (Å²) in [5.41, 5.74) is 0. The summed E-state index contributed by atoms with van der Waals surface area (Å²) in [7, 11) is 0. The Kier molecular flexibility index (Phi) is 3.76. The standard InChI is InChI=1S/C9H15NO.C2H6/c1-7-5-8-3-2-4-9(11)10(8)6-7;1-2/h7-8H,2-6H2,1H3;1-2H3. The van der Waals surface area contributed by atoms with Crippen LogP contribution in [0.5, 0.6) is 0 Å². The molecule has 2 heteroatoms. The maximum absolute atomic E-state index is 11.3. The van der Waals surface area contributed by atoms with E-state index in [-0.39, 0.29) is 0 Å². The van der Waals surface area contributed by atoms with Crippen molar-refractivity contribution in [1.29, 1.82) is 0 Å². The molecule has 2 rings (SSSR count). The highest BCUT2D eigenvalue weighted by Crippen LogP contribution is 2.30. The summed E-state index contributed by atoms with van der Waals surface area (Å²) in [4.78, 5) is 13.4. The van der Waals surface area contributed by atoms with Crippen LogP contribution in [0.4, 0.5) is 0 Å². The first-order chi connectivity index (χ1) is 6.27. The lowest BCUT2D eigenvalue weighted by molar-refractivity contribution is -0.134. The lowest BCUT2D eigenvalue weighted by atomic mass is 10.0. The molecule has 2 fully saturated rings. The molecule has 13 heavy (non-hydrogen) atoms. The fourth-order valence-electron chi connectivity index (χ4n) is 2.36. The number of carbonyl (C=O) groups excluding carboxylic acids is 1. The molecule has 0 radical (unpaired) electrons. The third-order valence-electron chi connectivity index (χ3n) is 2.87. The van der Waals surface area contributed by atoms with Crippen LogP contribution in [0.25, 0.3) is 0 Å². The molecule has 0 aliphatic carbocycles. The van der Waals surface area contributed by atoms with Gasteiger partial charge in [-0.15, -0.1) is 0 Å². The largest absolute Gasteiger partial charge is 0.339 e. The van der Waals surface area contributed by atoms with Gasteiger partial charge in [0.25, 0.3) is 0 Å². The zero-order valence-corrected chi connectivity index (χ0v) is 9.05. The summed E-state index contributed by atoms with van der Waals surface area (Å²) in [5.74, 6) is 1.13. The van der Waals surface area contributed by atoms with E-state index in [4.69, 9.17) is 0 Å². The predicted octanol–water partition coefficient (Wildman–Crippen LogP) is 2.43. The lowest BCUT2D eigenvalue weighted by Crippen LogP contribution is -2.38. The van der Waals surface area contributed by atoms with Gasteiger partial charge in [0.1, 0.15) is 0 Å². The van der Waals surface area contributed by atoms with Gasteiger partial charge < -0.3 is 4.90 Å². The summed E-state index contributed by atoms with van der Waals surface area (Å²) < 4.78 is 0. The van der Waals surface area contributed by atoms with Gasteiger partial charge in [0.15, 0.2) is 0 Å². The van der Waals surface area contributed by atoms with Gasteiger partial charge in [0.05, 0.1) is 0 Å². The average Bonchev–Trinajstić information content (AvgIpc) is 2.51. The predicted molar refractivity (Wildman–Crippen MR) is 54.5 cm³/mol. The van der Waals surface area contributed by atoms with E-state index in [9.17, 15) is 4.79 Å². The summed E-state index contributed by atoms with van der Waals surface area (Å²) >= 11 is 0. The molecule has 0 aromatic rings. The zero-order chi connectivity index (χ0) is 9.84. The van der Waals surface area contributed by atoms with Crippen LogP contribution in [0.2, 0.25) is 0 Å². The Morgan fingerprint density at radius 2 is 2.08 bits per heavy atom. The van der Waals surface area contributed by atoms with E-state index in [2.05, 4.69) is 11.8 Å². The molecule has 0 N–H and O–H groups in total. The molecule has 2 heterocycles. The number of nitrogens with zero attached hydrogens (tertiary/aromatic N) is 1. The van der Waals surface area contributed by atoms with Gasteiger partial charge in [0.2, 0.25) is 5.91 Å². The quantitative estimate of drug-likeness (QED) is 0.565. The number of carbonyl (C=O) groups is 1. The van der Waals surface area contributed by atoms with E-state index in [1.165, 1.54) is 12.8 Å². The smallest absolute Gasteiger partial charge is 0.222 e. The molecule has 76 valence electrons. The Bertz CT molecular complexity index is 179. The minimum atomic E-state index is 0.394. The number of piperidine rings is 1. The topological polar surface area (TPSA) is 20.3 Å². The molecular formula is C11H21NO. The zero-order valence-electron chi connectivity index (χ0n) is 9.05. The van der Waals surface area contributed by atoms with Crippen LogP contribution >= 0.6 is 0 Å². The van der Waals surface area contributed by atoms with E-state index in [1.807, 2.05) is 13.8 Å². The Labute approximate surface area is 81.3 Å². The normalized spacial score (nSPS) is 32.2. The second kappa shape index (κ2) is 4.64. The fraction of sp³-hybridized carbons (Fsp3) is 0.909. The first kappa shape index (κ1) is 10.6. The van der Waals surface area contributed by atoms with Gasteiger partial charge >= 0.3 is 0 Å². The fourth-order valence-corrected chi connectivity index (χ4v) is 2.36. The monoisotopic (exact) mass is 183 g/mol. The molecule has 2 nitrogen and oxygen atoms in total. The molecule has 0 bridgehead atoms. The van der Waals surface area contributed by atoms with Crippen molar-refractivity contribution in [1.82, 2.24) is 4.90 Å². The van der Waals surface area contributed by atoms with Crippen LogP contribution in [0, 0.1) is 5.92 Å². The minimum Gasteiger partial charge on any atom is -0.339 e. The van der Waals surface area contributed by atoms with Crippen LogP contribution in [-0.2, 0) is 4.79 Å². The molecule has 2 unspecified atom stereocenters. The summed E-state index contributed by atoms with van der Waals surface area (Å²) in [5, 5.41) is 0. The summed E-state index contributed by atoms with van der Waals surface area (Å²) in [6.07, 6.45) is 4.40. The minimum absolute atomic E-state index is 0.394. The van der Waals surface area contributed by atoms with E-state index in [1.54, 1.807) is 0 Å². The summed E-state index contributed by atoms with van der Waals surface area (Å²) in [6, 6.07) is 0.603. The molecule has 0 aromatic heterocycles. The van der Waals surface area contributed by atoms with Crippen molar-refractivity contribution in [3.8, 4) is 0 Å². The molecule has 0 aromatic carbocycles. The van der Waals surface area contributed by atoms with Crippen molar-refractivity contribution >= 4 is 5.91 Å². The number of hydrogen-bond acceptors (Lipinski definition) is 1. The molecule has 0 saturated carbocycles. The van der Waals surface area contributed by atoms with Crippen LogP contribution in [0.15, 0.2) is 0 Å². The van der Waals surface area contributed by atoms with Crippen molar-refractivity contribution in [2.24, 2.45) is 5.92 Å². The van der Waals surface area contributed by atoms with Gasteiger partial charge in [-0.05, 0) is 25.2 Å². The molecule has 0 spiro atoms. The SMILES string of the molecule is CC.CC1CC2CCCC(=O)N2C1. The highest BCUT2D eigenvalue weighted by molar-refractivity contribution is 5.77. The highest BCUT2D eigenvalue weighted by Gasteiger charge is 2.34. The molecule has 2 saturated heterocycles. The number of amides is 1. The molecular weight excluding hydrogens is 162 g/mol. The second-order valence-corrected chi connectivity index (χ2v) is 3.93. The molecule has 2 atom stereocenters. The number of rotatable bonds is 0. The number of fused-ring (bicyclic) bond motifs is 1. The maximum Gasteiger partial charge on any atom is 0.222 e. The maximum atomic E-state index is 11.3. The van der Waals surface area contributed by atoms with E-state index < -0.39 is 0 Å². The lowest BCUT2D eigenvalue weighted by Gasteiger charge is -2.29. The van der Waals surface area contributed by atoms with Crippen molar-refractivity contribution in [3.05, 3.63) is 0 Å². The Hall–Kier alpha value is -0.530. The van der Waals surface area contributed by atoms with Gasteiger partial charge in [-0.1, -0.05) is 20.8 Å².